The number of hydrogen-bond acceptors (Lipinski definition) is 5. The van der Waals surface area contributed by atoms with Crippen molar-refractivity contribution in [3.63, 3.8) is 0 Å². The summed E-state index contributed by atoms with van der Waals surface area (Å²) in [6.07, 6.45) is 0. The molecule has 0 radical (unpaired) electrons. The zero-order valence-electron chi connectivity index (χ0n) is 9.93. The molecule has 0 bridgehead atoms. The summed E-state index contributed by atoms with van der Waals surface area (Å²) in [5, 5.41) is 17.3. The largest absolute Gasteiger partial charge is 0.508 e. The van der Waals surface area contributed by atoms with Crippen LogP contribution in [0.5, 0.6) is 17.5 Å². The first kappa shape index (κ1) is 11.3. The molecule has 17 heavy (non-hydrogen) atoms. The zero-order valence-corrected chi connectivity index (χ0v) is 9.93. The maximum absolute atomic E-state index is 9.54. The molecule has 0 aliphatic carbocycles. The molecule has 1 aromatic heterocycles. The van der Waals surface area contributed by atoms with Gasteiger partial charge in [-0.05, 0) is 32.9 Å². The Labute approximate surface area is 99.1 Å². The monoisotopic (exact) mass is 231 g/mol. The number of phenols is 1. The van der Waals surface area contributed by atoms with Crippen LogP contribution >= 0.6 is 0 Å². The summed E-state index contributed by atoms with van der Waals surface area (Å²) in [6.45, 7) is 5.43. The third-order valence-corrected chi connectivity index (χ3v) is 2.53. The smallest absolute Gasteiger partial charge is 0.341 e. The minimum atomic E-state index is 0.180. The highest BCUT2D eigenvalue weighted by molar-refractivity contribution is 5.43. The second kappa shape index (κ2) is 4.37. The molecule has 0 saturated carbocycles. The van der Waals surface area contributed by atoms with Gasteiger partial charge in [0.25, 0.3) is 0 Å². The van der Waals surface area contributed by atoms with Gasteiger partial charge in [-0.2, -0.15) is 4.98 Å². The first-order chi connectivity index (χ1) is 8.08. The molecule has 2 rings (SSSR count). The van der Waals surface area contributed by atoms with Crippen LogP contribution in [0.15, 0.2) is 18.2 Å². The van der Waals surface area contributed by atoms with Crippen molar-refractivity contribution >= 4 is 0 Å². The fourth-order valence-electron chi connectivity index (χ4n) is 1.29. The molecule has 0 saturated heterocycles. The molecule has 5 heteroatoms. The average Bonchev–Trinajstić information content (AvgIpc) is 2.30. The lowest BCUT2D eigenvalue weighted by Gasteiger charge is -2.08. The Kier molecular flexibility index (Phi) is 2.91. The van der Waals surface area contributed by atoms with E-state index in [0.29, 0.717) is 11.3 Å². The highest BCUT2D eigenvalue weighted by Crippen LogP contribution is 2.28. The summed E-state index contributed by atoms with van der Waals surface area (Å²) < 4.78 is 5.48. The summed E-state index contributed by atoms with van der Waals surface area (Å²) in [5.41, 5.74) is 2.19. The molecule has 0 unspecified atom stereocenters. The second-order valence-electron chi connectivity index (χ2n) is 3.77. The quantitative estimate of drug-likeness (QED) is 0.858. The summed E-state index contributed by atoms with van der Waals surface area (Å²) in [5.74, 6) is 0.703. The summed E-state index contributed by atoms with van der Waals surface area (Å²) in [4.78, 5) is 4.16. The van der Waals surface area contributed by atoms with Gasteiger partial charge in [0.15, 0.2) is 0 Å². The van der Waals surface area contributed by atoms with Gasteiger partial charge >= 0.3 is 6.01 Å². The van der Waals surface area contributed by atoms with E-state index in [1.807, 2.05) is 13.8 Å². The van der Waals surface area contributed by atoms with Crippen molar-refractivity contribution < 1.29 is 9.84 Å². The molecule has 0 aliphatic rings. The Morgan fingerprint density at radius 2 is 1.82 bits per heavy atom. The number of aromatic hydroxyl groups is 1. The number of phenolic OH excluding ortho intramolecular Hbond substituents is 1. The molecule has 1 N–H and O–H groups in total. The number of rotatable bonds is 2. The number of aryl methyl sites for hydroxylation is 2. The van der Waals surface area contributed by atoms with Crippen LogP contribution in [0.2, 0.25) is 0 Å². The van der Waals surface area contributed by atoms with Crippen molar-refractivity contribution in [1.82, 2.24) is 15.2 Å². The van der Waals surface area contributed by atoms with E-state index in [1.54, 1.807) is 25.1 Å². The molecule has 0 fully saturated rings. The fourth-order valence-corrected chi connectivity index (χ4v) is 1.29. The van der Waals surface area contributed by atoms with Crippen molar-refractivity contribution in [3.8, 4) is 17.5 Å². The number of ether oxygens (including phenoxy) is 1. The first-order valence-corrected chi connectivity index (χ1v) is 5.22. The highest BCUT2D eigenvalue weighted by Gasteiger charge is 2.08. The van der Waals surface area contributed by atoms with Crippen LogP contribution in [-0.2, 0) is 0 Å². The van der Waals surface area contributed by atoms with E-state index < -0.39 is 0 Å². The van der Waals surface area contributed by atoms with Crippen LogP contribution in [0.4, 0.5) is 0 Å². The highest BCUT2D eigenvalue weighted by atomic mass is 16.5. The van der Waals surface area contributed by atoms with Gasteiger partial charge in [0, 0.05) is 5.56 Å². The van der Waals surface area contributed by atoms with Gasteiger partial charge in [0.1, 0.15) is 11.5 Å². The number of aromatic nitrogens is 3. The van der Waals surface area contributed by atoms with Gasteiger partial charge in [-0.1, -0.05) is 11.2 Å². The van der Waals surface area contributed by atoms with E-state index in [4.69, 9.17) is 4.74 Å². The normalized spacial score (nSPS) is 10.3. The summed E-state index contributed by atoms with van der Waals surface area (Å²) >= 11 is 0. The number of benzene rings is 1. The van der Waals surface area contributed by atoms with Crippen LogP contribution in [0, 0.1) is 20.8 Å². The maximum Gasteiger partial charge on any atom is 0.341 e. The van der Waals surface area contributed by atoms with Crippen molar-refractivity contribution in [2.75, 3.05) is 0 Å². The maximum atomic E-state index is 9.54. The molecule has 0 atom stereocenters. The molecule has 88 valence electrons. The van der Waals surface area contributed by atoms with E-state index in [2.05, 4.69) is 15.2 Å². The predicted octanol–water partition coefficient (Wildman–Crippen LogP) is 2.29. The van der Waals surface area contributed by atoms with Crippen LogP contribution in [0.3, 0.4) is 0 Å². The van der Waals surface area contributed by atoms with Crippen molar-refractivity contribution in [3.05, 3.63) is 35.2 Å². The van der Waals surface area contributed by atoms with E-state index >= 15 is 0 Å². The van der Waals surface area contributed by atoms with Gasteiger partial charge < -0.3 is 9.84 Å². The number of nitrogens with zero attached hydrogens (tertiary/aromatic N) is 3. The van der Waals surface area contributed by atoms with Gasteiger partial charge in [0.05, 0.1) is 11.4 Å². The minimum absolute atomic E-state index is 0.180. The van der Waals surface area contributed by atoms with Gasteiger partial charge in [0.2, 0.25) is 0 Å². The van der Waals surface area contributed by atoms with Crippen molar-refractivity contribution in [2.45, 2.75) is 20.8 Å². The Hall–Kier alpha value is -2.17. The van der Waals surface area contributed by atoms with Crippen LogP contribution in [0.1, 0.15) is 17.0 Å². The molecule has 0 amide bonds. The Bertz CT molecular complexity index is 555. The van der Waals surface area contributed by atoms with Gasteiger partial charge in [-0.25, -0.2) is 0 Å². The number of hydrogen-bond donors (Lipinski definition) is 1. The van der Waals surface area contributed by atoms with Gasteiger partial charge in [-0.3, -0.25) is 0 Å². The third kappa shape index (κ3) is 2.33. The van der Waals surface area contributed by atoms with Crippen molar-refractivity contribution in [1.29, 1.82) is 0 Å². The van der Waals surface area contributed by atoms with E-state index in [-0.39, 0.29) is 11.8 Å². The lowest BCUT2D eigenvalue weighted by atomic mass is 10.2. The molecular weight excluding hydrogens is 218 g/mol. The van der Waals surface area contributed by atoms with E-state index in [1.165, 1.54) is 0 Å². The Balaban J connectivity index is 2.31. The lowest BCUT2D eigenvalue weighted by molar-refractivity contribution is 0.417. The molecule has 0 aliphatic heterocycles. The lowest BCUT2D eigenvalue weighted by Crippen LogP contribution is -2.00. The molecule has 2 aromatic rings. The van der Waals surface area contributed by atoms with Gasteiger partial charge in [-0.15, -0.1) is 5.10 Å². The molecule has 1 heterocycles. The Morgan fingerprint density at radius 1 is 1.06 bits per heavy atom. The molecule has 5 nitrogen and oxygen atoms in total. The molecule has 1 aromatic carbocycles. The van der Waals surface area contributed by atoms with Crippen LogP contribution in [0.25, 0.3) is 0 Å². The van der Waals surface area contributed by atoms with E-state index in [9.17, 15) is 5.11 Å². The topological polar surface area (TPSA) is 68.1 Å². The minimum Gasteiger partial charge on any atom is -0.508 e. The van der Waals surface area contributed by atoms with Crippen LogP contribution < -0.4 is 4.74 Å². The molecule has 0 spiro atoms. The van der Waals surface area contributed by atoms with Crippen molar-refractivity contribution in [2.24, 2.45) is 0 Å². The summed E-state index contributed by atoms with van der Waals surface area (Å²) in [7, 11) is 0. The first-order valence-electron chi connectivity index (χ1n) is 5.22. The average molecular weight is 231 g/mol. The standard InChI is InChI=1S/C12H13N3O2/c1-7-10(16)5-4-6-11(7)17-12-13-8(2)9(3)14-15-12/h4-6,16H,1-3H3. The fraction of sp³-hybridized carbons (Fsp3) is 0.250. The summed E-state index contributed by atoms with van der Waals surface area (Å²) in [6, 6.07) is 5.23. The van der Waals surface area contributed by atoms with Crippen LogP contribution in [-0.4, -0.2) is 20.3 Å². The Morgan fingerprint density at radius 3 is 2.53 bits per heavy atom. The second-order valence-corrected chi connectivity index (χ2v) is 3.77. The SMILES string of the molecule is Cc1nnc(Oc2cccc(O)c2C)nc1C. The zero-order chi connectivity index (χ0) is 12.4. The molecular formula is C12H13N3O2. The predicted molar refractivity (Wildman–Crippen MR) is 62.2 cm³/mol. The third-order valence-electron chi connectivity index (χ3n) is 2.53. The van der Waals surface area contributed by atoms with E-state index in [0.717, 1.165) is 11.4 Å².